The number of aromatic amines is 2. The number of hydrogen-bond acceptors (Lipinski definition) is 6. The average molecular weight is 681 g/mol. The minimum Gasteiger partial charge on any atom is -0.444 e. The van der Waals surface area contributed by atoms with Crippen molar-refractivity contribution in [3.63, 3.8) is 0 Å². The van der Waals surface area contributed by atoms with Crippen LogP contribution in [0.25, 0.3) is 22.3 Å². The van der Waals surface area contributed by atoms with Gasteiger partial charge in [-0.05, 0) is 122 Å². The molecule has 0 spiro atoms. The van der Waals surface area contributed by atoms with E-state index in [0.717, 1.165) is 105 Å². The van der Waals surface area contributed by atoms with Gasteiger partial charge in [0.1, 0.15) is 28.4 Å². The molecule has 50 heavy (non-hydrogen) atoms. The number of alkyl carbamates (subject to hydrolysis) is 1. The molecule has 3 aliphatic rings. The number of benzene rings is 2. The van der Waals surface area contributed by atoms with Gasteiger partial charge in [-0.3, -0.25) is 4.90 Å². The standard InChI is InChI=1S/C40H52N6O4/c1-38(2,3)49-36(47)45-40(20-8-7-9-21-40)35-42-29-18-15-26(24-31(29)43-35)13-12-25-14-17-28-27(23-25)16-19-30-33(28)44-34(41-30)32-11-10-22-46(32)37(48)50-39(4,5)6/h14-15,17-18,23-24,32H,7-13,16,19-22H2,1-6H3,(H,41,44)(H,42,43)(H,45,47). The van der Waals surface area contributed by atoms with Crippen LogP contribution in [-0.4, -0.2) is 54.8 Å². The Kier molecular flexibility index (Phi) is 8.93. The summed E-state index contributed by atoms with van der Waals surface area (Å²) in [5.41, 5.74) is 7.49. The van der Waals surface area contributed by atoms with Crippen LogP contribution in [0.2, 0.25) is 0 Å². The Balaban J connectivity index is 1.04. The Morgan fingerprint density at radius 1 is 0.880 bits per heavy atom. The summed E-state index contributed by atoms with van der Waals surface area (Å²) in [7, 11) is 0. The van der Waals surface area contributed by atoms with Crippen molar-refractivity contribution in [2.75, 3.05) is 6.54 Å². The summed E-state index contributed by atoms with van der Waals surface area (Å²) in [5.74, 6) is 1.68. The van der Waals surface area contributed by atoms with E-state index in [1.54, 1.807) is 0 Å². The average Bonchev–Trinajstić information content (AvgIpc) is 3.80. The second-order valence-electron chi connectivity index (χ2n) is 16.5. The van der Waals surface area contributed by atoms with Crippen molar-refractivity contribution in [3.05, 3.63) is 70.4 Å². The summed E-state index contributed by atoms with van der Waals surface area (Å²) in [4.78, 5) is 44.9. The normalized spacial score (nSPS) is 18.8. The molecule has 2 aromatic carbocycles. The smallest absolute Gasteiger partial charge is 0.410 e. The first-order chi connectivity index (χ1) is 23.8. The lowest BCUT2D eigenvalue weighted by atomic mass is 9.81. The lowest BCUT2D eigenvalue weighted by molar-refractivity contribution is 0.0218. The lowest BCUT2D eigenvalue weighted by Crippen LogP contribution is -2.49. The summed E-state index contributed by atoms with van der Waals surface area (Å²) in [6.07, 6.45) is 9.76. The number of aromatic nitrogens is 4. The van der Waals surface area contributed by atoms with Crippen LogP contribution >= 0.6 is 0 Å². The fraction of sp³-hybridized carbons (Fsp3) is 0.550. The highest BCUT2D eigenvalue weighted by Gasteiger charge is 2.40. The molecule has 1 unspecified atom stereocenters. The van der Waals surface area contributed by atoms with Crippen molar-refractivity contribution in [3.8, 4) is 11.3 Å². The van der Waals surface area contributed by atoms with E-state index >= 15 is 0 Å². The Morgan fingerprint density at radius 3 is 2.34 bits per heavy atom. The van der Waals surface area contributed by atoms with Crippen LogP contribution in [0.4, 0.5) is 9.59 Å². The van der Waals surface area contributed by atoms with E-state index in [1.165, 1.54) is 22.3 Å². The number of carbonyl (C=O) groups is 2. The number of H-pyrrole nitrogens is 2. The minimum absolute atomic E-state index is 0.0871. The number of nitrogens with zero attached hydrogens (tertiary/aromatic N) is 3. The fourth-order valence-electron chi connectivity index (χ4n) is 7.88. The molecule has 10 nitrogen and oxygen atoms in total. The highest BCUT2D eigenvalue weighted by atomic mass is 16.6. The van der Waals surface area contributed by atoms with Gasteiger partial charge in [-0.25, -0.2) is 19.6 Å². The first-order valence-corrected chi connectivity index (χ1v) is 18.5. The number of aryl methyl sites for hydroxylation is 4. The van der Waals surface area contributed by atoms with Crippen LogP contribution in [-0.2, 0) is 40.7 Å². The second-order valence-corrected chi connectivity index (χ2v) is 16.5. The highest BCUT2D eigenvalue weighted by molar-refractivity contribution is 5.77. The highest BCUT2D eigenvalue weighted by Crippen LogP contribution is 2.39. The van der Waals surface area contributed by atoms with Crippen molar-refractivity contribution < 1.29 is 19.1 Å². The molecule has 10 heteroatoms. The number of fused-ring (bicyclic) bond motifs is 4. The van der Waals surface area contributed by atoms with E-state index < -0.39 is 22.8 Å². The third-order valence-electron chi connectivity index (χ3n) is 10.2. The van der Waals surface area contributed by atoms with Crippen LogP contribution in [0.5, 0.6) is 0 Å². The Hall–Kier alpha value is -4.34. The summed E-state index contributed by atoms with van der Waals surface area (Å²) in [5, 5.41) is 3.21. The molecule has 1 aliphatic heterocycles. The molecule has 1 saturated carbocycles. The number of imidazole rings is 2. The number of rotatable bonds is 6. The van der Waals surface area contributed by atoms with E-state index in [9.17, 15) is 9.59 Å². The molecule has 2 amide bonds. The van der Waals surface area contributed by atoms with Crippen molar-refractivity contribution in [2.45, 2.75) is 135 Å². The molecule has 1 saturated heterocycles. The SMILES string of the molecule is CC(C)(C)OC(=O)NC1(c2nc3ccc(CCc4ccc5c(c4)CCc4[nH]c(C6CCCN6C(=O)OC(C)(C)C)nc4-5)cc3[nH]2)CCCCC1. The van der Waals surface area contributed by atoms with Gasteiger partial charge < -0.3 is 24.8 Å². The molecular formula is C40H52N6O4. The van der Waals surface area contributed by atoms with Crippen LogP contribution in [0.3, 0.4) is 0 Å². The second kappa shape index (κ2) is 13.1. The Bertz CT molecular complexity index is 1890. The van der Waals surface area contributed by atoms with E-state index in [4.69, 9.17) is 19.4 Å². The molecule has 2 aliphatic carbocycles. The maximum Gasteiger partial charge on any atom is 0.410 e. The summed E-state index contributed by atoms with van der Waals surface area (Å²) in [6, 6.07) is 13.2. The quantitative estimate of drug-likeness (QED) is 0.187. The van der Waals surface area contributed by atoms with Crippen molar-refractivity contribution in [1.82, 2.24) is 30.2 Å². The number of carbonyl (C=O) groups excluding carboxylic acids is 2. The molecule has 3 N–H and O–H groups in total. The van der Waals surface area contributed by atoms with Gasteiger partial charge in [0.15, 0.2) is 0 Å². The summed E-state index contributed by atoms with van der Waals surface area (Å²) < 4.78 is 11.3. The maximum atomic E-state index is 12.9. The number of nitrogens with one attached hydrogen (secondary N) is 3. The number of amides is 2. The number of likely N-dealkylation sites (tertiary alicyclic amines) is 1. The molecular weight excluding hydrogens is 628 g/mol. The monoisotopic (exact) mass is 680 g/mol. The van der Waals surface area contributed by atoms with Gasteiger partial charge in [-0.1, -0.05) is 43.5 Å². The van der Waals surface area contributed by atoms with Crippen LogP contribution in [0.15, 0.2) is 36.4 Å². The fourth-order valence-corrected chi connectivity index (χ4v) is 7.88. The first kappa shape index (κ1) is 34.1. The Morgan fingerprint density at radius 2 is 1.60 bits per heavy atom. The lowest BCUT2D eigenvalue weighted by Gasteiger charge is -2.36. The molecule has 7 rings (SSSR count). The molecule has 0 bridgehead atoms. The zero-order chi connectivity index (χ0) is 35.3. The summed E-state index contributed by atoms with van der Waals surface area (Å²) in [6.45, 7) is 12.1. The largest absolute Gasteiger partial charge is 0.444 e. The van der Waals surface area contributed by atoms with E-state index in [2.05, 4.69) is 51.7 Å². The van der Waals surface area contributed by atoms with Crippen molar-refractivity contribution in [2.24, 2.45) is 0 Å². The topological polar surface area (TPSA) is 125 Å². The van der Waals surface area contributed by atoms with Crippen LogP contribution in [0, 0.1) is 0 Å². The van der Waals surface area contributed by atoms with Crippen molar-refractivity contribution >= 4 is 23.2 Å². The van der Waals surface area contributed by atoms with Gasteiger partial charge >= 0.3 is 12.2 Å². The number of ether oxygens (including phenoxy) is 2. The van der Waals surface area contributed by atoms with Gasteiger partial charge in [-0.15, -0.1) is 0 Å². The third-order valence-corrected chi connectivity index (χ3v) is 10.2. The third kappa shape index (κ3) is 7.25. The molecule has 4 aromatic rings. The molecule has 3 heterocycles. The number of hydrogen-bond donors (Lipinski definition) is 3. The zero-order valence-corrected chi connectivity index (χ0v) is 30.5. The maximum absolute atomic E-state index is 12.9. The molecule has 2 aromatic heterocycles. The molecule has 1 atom stereocenters. The van der Waals surface area contributed by atoms with Crippen LogP contribution < -0.4 is 5.32 Å². The first-order valence-electron chi connectivity index (χ1n) is 18.5. The minimum atomic E-state index is -0.561. The van der Waals surface area contributed by atoms with Crippen molar-refractivity contribution in [1.29, 1.82) is 0 Å². The molecule has 266 valence electrons. The Labute approximate surface area is 295 Å². The van der Waals surface area contributed by atoms with Gasteiger partial charge in [0, 0.05) is 17.8 Å². The summed E-state index contributed by atoms with van der Waals surface area (Å²) >= 11 is 0. The molecule has 0 radical (unpaired) electrons. The van der Waals surface area contributed by atoms with E-state index in [1.807, 2.05) is 46.4 Å². The van der Waals surface area contributed by atoms with E-state index in [-0.39, 0.29) is 12.1 Å². The predicted octanol–water partition coefficient (Wildman–Crippen LogP) is 8.59. The molecule has 2 fully saturated rings. The van der Waals surface area contributed by atoms with Gasteiger partial charge in [0.05, 0.1) is 22.8 Å². The van der Waals surface area contributed by atoms with Gasteiger partial charge in [0.25, 0.3) is 0 Å². The van der Waals surface area contributed by atoms with Gasteiger partial charge in [-0.2, -0.15) is 0 Å². The van der Waals surface area contributed by atoms with Gasteiger partial charge in [0.2, 0.25) is 0 Å². The zero-order valence-electron chi connectivity index (χ0n) is 30.5. The van der Waals surface area contributed by atoms with E-state index in [0.29, 0.717) is 6.54 Å². The predicted molar refractivity (Wildman–Crippen MR) is 194 cm³/mol. The van der Waals surface area contributed by atoms with Crippen LogP contribution in [0.1, 0.15) is 127 Å².